The van der Waals surface area contributed by atoms with Crippen LogP contribution in [0.4, 0.5) is 0 Å². The fourth-order valence-corrected chi connectivity index (χ4v) is 8.93. The maximum Gasteiger partial charge on any atom is 0.0991 e. The molecule has 252 valence electrons. The monoisotopic (exact) mass is 632 g/mol. The van der Waals surface area contributed by atoms with Crippen LogP contribution in [0.15, 0.2) is 73.8 Å². The van der Waals surface area contributed by atoms with Gasteiger partial charge in [-0.3, -0.25) is 0 Å². The third-order valence-corrected chi connectivity index (χ3v) is 11.5. The Hall–Kier alpha value is -3.14. The molecule has 0 aromatic heterocycles. The van der Waals surface area contributed by atoms with Gasteiger partial charge in [-0.25, -0.2) is 0 Å². The number of nitrogens with zero attached hydrogens (tertiary/aromatic N) is 2. The van der Waals surface area contributed by atoms with Crippen molar-refractivity contribution in [2.24, 2.45) is 35.5 Å². The molecule has 2 saturated carbocycles. The zero-order valence-electron chi connectivity index (χ0n) is 29.4. The highest BCUT2D eigenvalue weighted by Crippen LogP contribution is 2.51. The molecule has 2 aromatic rings. The second-order valence-corrected chi connectivity index (χ2v) is 14.7. The van der Waals surface area contributed by atoms with Gasteiger partial charge in [-0.1, -0.05) is 114 Å². The molecule has 0 amide bonds. The molecule has 0 bridgehead atoms. The first-order valence-electron chi connectivity index (χ1n) is 18.9. The summed E-state index contributed by atoms with van der Waals surface area (Å²) in [6.45, 7) is 13.0. The first-order valence-corrected chi connectivity index (χ1v) is 18.9. The minimum atomic E-state index is -0.0726. The lowest BCUT2D eigenvalue weighted by Crippen LogP contribution is -2.35. The van der Waals surface area contributed by atoms with Gasteiger partial charge in [0.1, 0.15) is 0 Å². The van der Waals surface area contributed by atoms with Gasteiger partial charge in [-0.2, -0.15) is 10.5 Å². The normalized spacial score (nSPS) is 25.6. The van der Waals surface area contributed by atoms with Crippen LogP contribution in [0.25, 0.3) is 0 Å². The molecule has 47 heavy (non-hydrogen) atoms. The summed E-state index contributed by atoms with van der Waals surface area (Å²) in [5, 5.41) is 19.2. The number of hydrogen-bond donors (Lipinski definition) is 0. The standard InChI is InChI=1S/C44H60N2O/c1-5-9-11-15-33-21-27-41(39(29-33)13-7-3)43(37-23-17-35(31-45)18-24-37)47-44(38-25-19-36(32-46)20-26-38)42-28-22-34(16-12-10-6-2)30-40(42)14-8-4/h7-8,17-20,23-26,33-34,39-44H,3-6,9-16,21-22,27-30H2,1-2H3. The van der Waals surface area contributed by atoms with Crippen LogP contribution in [-0.4, -0.2) is 0 Å². The minimum absolute atomic E-state index is 0.0726. The highest BCUT2D eigenvalue weighted by molar-refractivity contribution is 5.34. The fourth-order valence-electron chi connectivity index (χ4n) is 8.93. The second-order valence-electron chi connectivity index (χ2n) is 14.7. The molecule has 4 rings (SSSR count). The average molecular weight is 633 g/mol. The van der Waals surface area contributed by atoms with Gasteiger partial charge in [0.2, 0.25) is 0 Å². The number of nitriles is 2. The van der Waals surface area contributed by atoms with E-state index in [1.807, 2.05) is 24.3 Å². The summed E-state index contributed by atoms with van der Waals surface area (Å²) >= 11 is 0. The summed E-state index contributed by atoms with van der Waals surface area (Å²) in [5.41, 5.74) is 3.73. The lowest BCUT2D eigenvalue weighted by molar-refractivity contribution is -0.113. The molecule has 8 unspecified atom stereocenters. The van der Waals surface area contributed by atoms with Gasteiger partial charge < -0.3 is 4.74 Å². The van der Waals surface area contributed by atoms with E-state index in [9.17, 15) is 10.5 Å². The summed E-state index contributed by atoms with van der Waals surface area (Å²) in [5.74, 6) is 3.36. The van der Waals surface area contributed by atoms with Crippen LogP contribution >= 0.6 is 0 Å². The topological polar surface area (TPSA) is 56.8 Å². The van der Waals surface area contributed by atoms with Crippen molar-refractivity contribution >= 4 is 0 Å². The van der Waals surface area contributed by atoms with Gasteiger partial charge in [0, 0.05) is 0 Å². The lowest BCUT2D eigenvalue weighted by atomic mass is 9.67. The molecule has 2 aliphatic rings. The van der Waals surface area contributed by atoms with Crippen molar-refractivity contribution in [3.8, 4) is 12.1 Å². The number of rotatable bonds is 18. The molecule has 2 aromatic carbocycles. The molecule has 0 radical (unpaired) electrons. The minimum Gasteiger partial charge on any atom is -0.365 e. The van der Waals surface area contributed by atoms with Crippen LogP contribution in [-0.2, 0) is 4.74 Å². The molecular weight excluding hydrogens is 572 g/mol. The van der Waals surface area contributed by atoms with E-state index < -0.39 is 0 Å². The maximum absolute atomic E-state index is 9.60. The number of hydrogen-bond acceptors (Lipinski definition) is 3. The van der Waals surface area contributed by atoms with E-state index in [-0.39, 0.29) is 12.2 Å². The summed E-state index contributed by atoms with van der Waals surface area (Å²) in [6.07, 6.45) is 23.9. The lowest BCUT2D eigenvalue weighted by Gasteiger charge is -2.45. The van der Waals surface area contributed by atoms with Crippen molar-refractivity contribution in [1.82, 2.24) is 0 Å². The van der Waals surface area contributed by atoms with Crippen LogP contribution in [0.1, 0.15) is 151 Å². The zero-order valence-corrected chi connectivity index (χ0v) is 29.4. The van der Waals surface area contributed by atoms with E-state index in [1.165, 1.54) is 88.2 Å². The van der Waals surface area contributed by atoms with Crippen molar-refractivity contribution in [3.63, 3.8) is 0 Å². The van der Waals surface area contributed by atoms with E-state index in [1.54, 1.807) is 0 Å². The Kier molecular flexibility index (Phi) is 15.3. The van der Waals surface area contributed by atoms with Crippen LogP contribution < -0.4 is 0 Å². The van der Waals surface area contributed by atoms with Gasteiger partial charge >= 0.3 is 0 Å². The Morgan fingerprint density at radius 3 is 1.40 bits per heavy atom. The number of allylic oxidation sites excluding steroid dienone is 2. The maximum atomic E-state index is 9.60. The Balaban J connectivity index is 1.70. The summed E-state index contributed by atoms with van der Waals surface area (Å²) in [6, 6.07) is 21.0. The predicted octanol–water partition coefficient (Wildman–Crippen LogP) is 12.6. The fraction of sp³-hybridized carbons (Fsp3) is 0.591. The van der Waals surface area contributed by atoms with Crippen molar-refractivity contribution in [2.45, 2.75) is 129 Å². The zero-order chi connectivity index (χ0) is 33.4. The molecule has 0 N–H and O–H groups in total. The molecule has 0 heterocycles. The third kappa shape index (κ3) is 10.4. The highest BCUT2D eigenvalue weighted by atomic mass is 16.5. The van der Waals surface area contributed by atoms with Crippen LogP contribution in [0, 0.1) is 58.2 Å². The van der Waals surface area contributed by atoms with Gasteiger partial charge in [-0.15, -0.1) is 13.2 Å². The smallest absolute Gasteiger partial charge is 0.0991 e. The van der Waals surface area contributed by atoms with Gasteiger partial charge in [0.15, 0.2) is 0 Å². The number of unbranched alkanes of at least 4 members (excludes halogenated alkanes) is 4. The van der Waals surface area contributed by atoms with E-state index in [0.717, 1.165) is 37.5 Å². The highest BCUT2D eigenvalue weighted by Gasteiger charge is 2.41. The van der Waals surface area contributed by atoms with Crippen molar-refractivity contribution < 1.29 is 4.74 Å². The van der Waals surface area contributed by atoms with Crippen molar-refractivity contribution in [2.75, 3.05) is 0 Å². The molecule has 0 saturated heterocycles. The number of benzene rings is 2. The van der Waals surface area contributed by atoms with Gasteiger partial charge in [0.25, 0.3) is 0 Å². The Morgan fingerprint density at radius 1 is 0.660 bits per heavy atom. The van der Waals surface area contributed by atoms with E-state index >= 15 is 0 Å². The molecule has 0 spiro atoms. The van der Waals surface area contributed by atoms with Crippen molar-refractivity contribution in [1.29, 1.82) is 10.5 Å². The first kappa shape index (κ1) is 36.7. The van der Waals surface area contributed by atoms with Gasteiger partial charge in [-0.05, 0) is 109 Å². The van der Waals surface area contributed by atoms with Gasteiger partial charge in [0.05, 0.1) is 35.5 Å². The van der Waals surface area contributed by atoms with E-state index in [0.29, 0.717) is 34.8 Å². The molecule has 8 atom stereocenters. The molecule has 3 heteroatoms. The summed E-state index contributed by atoms with van der Waals surface area (Å²) in [7, 11) is 0. The molecule has 2 fully saturated rings. The van der Waals surface area contributed by atoms with Crippen LogP contribution in [0.5, 0.6) is 0 Å². The van der Waals surface area contributed by atoms with Crippen molar-refractivity contribution in [3.05, 3.63) is 96.1 Å². The number of ether oxygens (including phenoxy) is 1. The summed E-state index contributed by atoms with van der Waals surface area (Å²) < 4.78 is 7.64. The Labute approximate surface area is 287 Å². The Morgan fingerprint density at radius 2 is 1.06 bits per heavy atom. The third-order valence-electron chi connectivity index (χ3n) is 11.5. The van der Waals surface area contributed by atoms with E-state index in [2.05, 4.69) is 75.6 Å². The molecule has 3 nitrogen and oxygen atoms in total. The molecular formula is C44H60N2O. The average Bonchev–Trinajstić information content (AvgIpc) is 3.10. The largest absolute Gasteiger partial charge is 0.365 e. The van der Waals surface area contributed by atoms with Crippen LogP contribution in [0.3, 0.4) is 0 Å². The first-order chi connectivity index (χ1) is 23.0. The molecule has 0 aliphatic heterocycles. The molecule has 2 aliphatic carbocycles. The summed E-state index contributed by atoms with van der Waals surface area (Å²) in [4.78, 5) is 0. The van der Waals surface area contributed by atoms with E-state index in [4.69, 9.17) is 4.74 Å². The quantitative estimate of drug-likeness (QED) is 0.121. The predicted molar refractivity (Wildman–Crippen MR) is 195 cm³/mol. The Bertz CT molecular complexity index is 1200. The van der Waals surface area contributed by atoms with Crippen LogP contribution in [0.2, 0.25) is 0 Å². The second kappa shape index (κ2) is 19.6. The SMILES string of the molecule is C=CCC1CC(CCCCC)CCC1C(OC(c1ccc(C#N)cc1)C1CCC(CCCCC)CC1CC=C)c1ccc(C#N)cc1.